The molecule has 27 heavy (non-hydrogen) atoms. The average molecular weight is 381 g/mol. The van der Waals surface area contributed by atoms with E-state index in [9.17, 15) is 9.59 Å². The zero-order chi connectivity index (χ0) is 19.2. The predicted molar refractivity (Wildman–Crippen MR) is 103 cm³/mol. The van der Waals surface area contributed by atoms with Gasteiger partial charge in [-0.25, -0.2) is 4.98 Å². The Morgan fingerprint density at radius 3 is 2.59 bits per heavy atom. The van der Waals surface area contributed by atoms with Crippen LogP contribution in [0.4, 0.5) is 0 Å². The van der Waals surface area contributed by atoms with Gasteiger partial charge < -0.3 is 9.64 Å². The topological polar surface area (TPSA) is 72.4 Å². The molecule has 0 bridgehead atoms. The zero-order valence-corrected chi connectivity index (χ0v) is 15.8. The molecular formula is C20H19N3O3S. The van der Waals surface area contributed by atoms with Crippen LogP contribution in [-0.2, 0) is 20.7 Å². The standard InChI is InChI=1S/C20H19N3O3S/c1-23(2)20(25)18(14-7-4-3-5-8-14)26-17(24)11-16-13-27-19(22-16)15-9-6-10-21-12-15/h3-10,12-13,18H,11H2,1-2H3/t18-/m1/s1. The lowest BCUT2D eigenvalue weighted by molar-refractivity contribution is -0.159. The largest absolute Gasteiger partial charge is 0.447 e. The van der Waals surface area contributed by atoms with Gasteiger partial charge in [0, 0.05) is 43.0 Å². The number of carbonyl (C=O) groups is 2. The van der Waals surface area contributed by atoms with Gasteiger partial charge in [-0.3, -0.25) is 14.6 Å². The smallest absolute Gasteiger partial charge is 0.313 e. The molecule has 0 spiro atoms. The molecule has 0 N–H and O–H groups in total. The average Bonchev–Trinajstić information content (AvgIpc) is 3.15. The second kappa shape index (κ2) is 8.55. The number of hydrogen-bond acceptors (Lipinski definition) is 6. The van der Waals surface area contributed by atoms with Crippen LogP contribution < -0.4 is 0 Å². The molecule has 6 nitrogen and oxygen atoms in total. The van der Waals surface area contributed by atoms with E-state index in [0.717, 1.165) is 10.6 Å². The Bertz CT molecular complexity index is 910. The van der Waals surface area contributed by atoms with E-state index in [2.05, 4.69) is 9.97 Å². The molecule has 0 aliphatic carbocycles. The van der Waals surface area contributed by atoms with E-state index in [4.69, 9.17) is 4.74 Å². The molecule has 3 aromatic rings. The summed E-state index contributed by atoms with van der Waals surface area (Å²) >= 11 is 1.44. The number of pyridine rings is 1. The van der Waals surface area contributed by atoms with Gasteiger partial charge in [-0.05, 0) is 12.1 Å². The number of nitrogens with zero attached hydrogens (tertiary/aromatic N) is 3. The van der Waals surface area contributed by atoms with Crippen LogP contribution in [0.2, 0.25) is 0 Å². The highest BCUT2D eigenvalue weighted by atomic mass is 32.1. The Labute approximate surface area is 161 Å². The summed E-state index contributed by atoms with van der Waals surface area (Å²) in [6.07, 6.45) is 2.45. The summed E-state index contributed by atoms with van der Waals surface area (Å²) in [5.41, 5.74) is 2.14. The Balaban J connectivity index is 1.71. The molecule has 3 rings (SSSR count). The van der Waals surface area contributed by atoms with Crippen LogP contribution >= 0.6 is 11.3 Å². The summed E-state index contributed by atoms with van der Waals surface area (Å²) < 4.78 is 5.50. The monoisotopic (exact) mass is 381 g/mol. The number of likely N-dealkylation sites (N-methyl/N-ethyl adjacent to an activating group) is 1. The molecular weight excluding hydrogens is 362 g/mol. The minimum absolute atomic E-state index is 0.000798. The van der Waals surface area contributed by atoms with E-state index in [1.54, 1.807) is 50.8 Å². The first kappa shape index (κ1) is 18.7. The minimum Gasteiger partial charge on any atom is -0.447 e. The van der Waals surface area contributed by atoms with Gasteiger partial charge >= 0.3 is 5.97 Å². The van der Waals surface area contributed by atoms with Crippen LogP contribution in [-0.4, -0.2) is 40.8 Å². The van der Waals surface area contributed by atoms with Crippen LogP contribution in [0.15, 0.2) is 60.2 Å². The van der Waals surface area contributed by atoms with Gasteiger partial charge in [-0.2, -0.15) is 0 Å². The summed E-state index contributed by atoms with van der Waals surface area (Å²) in [6, 6.07) is 12.7. The summed E-state index contributed by atoms with van der Waals surface area (Å²) in [5.74, 6) is -0.786. The molecule has 0 aliphatic rings. The van der Waals surface area contributed by atoms with Crippen LogP contribution in [0.3, 0.4) is 0 Å². The van der Waals surface area contributed by atoms with Crippen LogP contribution in [0.1, 0.15) is 17.4 Å². The third-order valence-corrected chi connectivity index (χ3v) is 4.74. The van der Waals surface area contributed by atoms with Gasteiger partial charge in [0.15, 0.2) is 0 Å². The maximum Gasteiger partial charge on any atom is 0.313 e. The Kier molecular flexibility index (Phi) is 5.93. The number of aromatic nitrogens is 2. The van der Waals surface area contributed by atoms with Crippen molar-refractivity contribution < 1.29 is 14.3 Å². The van der Waals surface area contributed by atoms with Gasteiger partial charge in [-0.15, -0.1) is 11.3 Å². The number of thiazole rings is 1. The first-order valence-electron chi connectivity index (χ1n) is 8.35. The minimum atomic E-state index is -0.967. The molecule has 1 amide bonds. The number of benzene rings is 1. The van der Waals surface area contributed by atoms with E-state index >= 15 is 0 Å². The maximum atomic E-state index is 12.4. The van der Waals surface area contributed by atoms with Crippen LogP contribution in [0, 0.1) is 0 Å². The van der Waals surface area contributed by atoms with Crippen molar-refractivity contribution in [1.82, 2.24) is 14.9 Å². The number of hydrogen-bond donors (Lipinski definition) is 0. The molecule has 0 saturated heterocycles. The Morgan fingerprint density at radius 1 is 1.15 bits per heavy atom. The van der Waals surface area contributed by atoms with Crippen molar-refractivity contribution in [3.63, 3.8) is 0 Å². The molecule has 1 aromatic carbocycles. The van der Waals surface area contributed by atoms with Gasteiger partial charge in [-0.1, -0.05) is 30.3 Å². The summed E-state index contributed by atoms with van der Waals surface area (Å²) in [4.78, 5) is 34.8. The van der Waals surface area contributed by atoms with Crippen LogP contribution in [0.25, 0.3) is 10.6 Å². The molecule has 0 fully saturated rings. The third-order valence-electron chi connectivity index (χ3n) is 3.80. The quantitative estimate of drug-likeness (QED) is 0.614. The van der Waals surface area contributed by atoms with Gasteiger partial charge in [0.25, 0.3) is 5.91 Å². The molecule has 7 heteroatoms. The number of ether oxygens (including phenoxy) is 1. The second-order valence-electron chi connectivity index (χ2n) is 6.08. The summed E-state index contributed by atoms with van der Waals surface area (Å²) in [6.45, 7) is 0. The van der Waals surface area contributed by atoms with E-state index in [1.807, 2.05) is 23.6 Å². The lowest BCUT2D eigenvalue weighted by atomic mass is 10.1. The first-order valence-corrected chi connectivity index (χ1v) is 9.23. The molecule has 2 aromatic heterocycles. The Morgan fingerprint density at radius 2 is 1.93 bits per heavy atom. The molecule has 0 radical (unpaired) electrons. The second-order valence-corrected chi connectivity index (χ2v) is 6.93. The SMILES string of the molecule is CN(C)C(=O)[C@H](OC(=O)Cc1csc(-c2cccnc2)n1)c1ccccc1. The zero-order valence-electron chi connectivity index (χ0n) is 15.0. The number of amides is 1. The normalized spacial score (nSPS) is 11.6. The number of rotatable bonds is 6. The first-order chi connectivity index (χ1) is 13.0. The van der Waals surface area contributed by atoms with Crippen molar-refractivity contribution >= 4 is 23.2 Å². The van der Waals surface area contributed by atoms with Gasteiger partial charge in [0.1, 0.15) is 5.01 Å². The highest BCUT2D eigenvalue weighted by Gasteiger charge is 2.26. The summed E-state index contributed by atoms with van der Waals surface area (Å²) in [5, 5.41) is 2.60. The van der Waals surface area contributed by atoms with E-state index in [1.165, 1.54) is 16.2 Å². The van der Waals surface area contributed by atoms with E-state index < -0.39 is 12.1 Å². The van der Waals surface area contributed by atoms with Crippen molar-refractivity contribution in [2.24, 2.45) is 0 Å². The molecule has 0 saturated carbocycles. The molecule has 1 atom stereocenters. The number of esters is 1. The van der Waals surface area contributed by atoms with Gasteiger partial charge in [0.05, 0.1) is 12.1 Å². The Hall–Kier alpha value is -3.06. The third kappa shape index (κ3) is 4.77. The maximum absolute atomic E-state index is 12.4. The molecule has 2 heterocycles. The molecule has 0 unspecified atom stereocenters. The van der Waals surface area contributed by atoms with Crippen LogP contribution in [0.5, 0.6) is 0 Å². The highest BCUT2D eigenvalue weighted by Crippen LogP contribution is 2.24. The predicted octanol–water partition coefficient (Wildman–Crippen LogP) is 3.12. The van der Waals surface area contributed by atoms with Crippen molar-refractivity contribution in [3.8, 4) is 10.6 Å². The fourth-order valence-electron chi connectivity index (χ4n) is 2.45. The van der Waals surface area contributed by atoms with E-state index in [0.29, 0.717) is 11.3 Å². The van der Waals surface area contributed by atoms with Crippen molar-refractivity contribution in [3.05, 3.63) is 71.5 Å². The van der Waals surface area contributed by atoms with Crippen molar-refractivity contribution in [2.75, 3.05) is 14.1 Å². The fraction of sp³-hybridized carbons (Fsp3) is 0.200. The lowest BCUT2D eigenvalue weighted by Gasteiger charge is -2.21. The van der Waals surface area contributed by atoms with Crippen molar-refractivity contribution in [1.29, 1.82) is 0 Å². The summed E-state index contributed by atoms with van der Waals surface area (Å²) in [7, 11) is 3.26. The van der Waals surface area contributed by atoms with Gasteiger partial charge in [0.2, 0.25) is 6.10 Å². The lowest BCUT2D eigenvalue weighted by Crippen LogP contribution is -2.31. The highest BCUT2D eigenvalue weighted by molar-refractivity contribution is 7.13. The van der Waals surface area contributed by atoms with E-state index in [-0.39, 0.29) is 12.3 Å². The van der Waals surface area contributed by atoms with Crippen molar-refractivity contribution in [2.45, 2.75) is 12.5 Å². The fourth-order valence-corrected chi connectivity index (χ4v) is 3.26. The molecule has 0 aliphatic heterocycles. The number of carbonyl (C=O) groups excluding carboxylic acids is 2. The molecule has 138 valence electrons.